The van der Waals surface area contributed by atoms with Crippen molar-refractivity contribution in [2.45, 2.75) is 24.3 Å². The fourth-order valence-electron chi connectivity index (χ4n) is 2.18. The van der Waals surface area contributed by atoms with Gasteiger partial charge in [0, 0.05) is 11.3 Å². The molecule has 134 valence electrons. The number of rotatable bonds is 6. The number of ketones is 1. The Morgan fingerprint density at radius 3 is 2.58 bits per heavy atom. The van der Waals surface area contributed by atoms with Crippen molar-refractivity contribution >= 4 is 29.1 Å². The van der Waals surface area contributed by atoms with E-state index in [1.54, 1.807) is 43.3 Å². The molecule has 8 nitrogen and oxygen atoms in total. The van der Waals surface area contributed by atoms with E-state index < -0.39 is 5.25 Å². The van der Waals surface area contributed by atoms with Crippen LogP contribution in [-0.2, 0) is 4.79 Å². The van der Waals surface area contributed by atoms with Gasteiger partial charge in [-0.3, -0.25) is 9.59 Å². The molecule has 0 saturated heterocycles. The van der Waals surface area contributed by atoms with Crippen molar-refractivity contribution in [3.8, 4) is 11.6 Å². The summed E-state index contributed by atoms with van der Waals surface area (Å²) in [6, 6.07) is 10.2. The van der Waals surface area contributed by atoms with E-state index in [4.69, 9.17) is 10.3 Å². The van der Waals surface area contributed by atoms with Crippen molar-refractivity contribution in [1.29, 1.82) is 0 Å². The highest BCUT2D eigenvalue weighted by Gasteiger charge is 2.21. The molecule has 0 aliphatic heterocycles. The third kappa shape index (κ3) is 3.77. The van der Waals surface area contributed by atoms with Crippen LogP contribution in [0.5, 0.6) is 0 Å². The molecule has 1 amide bonds. The molecular formula is C17H17N5O3S. The number of aromatic nitrogens is 3. The van der Waals surface area contributed by atoms with Gasteiger partial charge >= 0.3 is 0 Å². The predicted molar refractivity (Wildman–Crippen MR) is 98.3 cm³/mol. The number of benzene rings is 1. The lowest BCUT2D eigenvalue weighted by Gasteiger charge is -2.11. The Balaban J connectivity index is 1.65. The summed E-state index contributed by atoms with van der Waals surface area (Å²) < 4.78 is 6.54. The number of nitrogens with zero attached hydrogens (tertiary/aromatic N) is 3. The molecule has 2 heterocycles. The molecule has 0 spiro atoms. The van der Waals surface area contributed by atoms with Crippen molar-refractivity contribution in [1.82, 2.24) is 14.9 Å². The molecule has 2 aromatic heterocycles. The molecule has 0 fully saturated rings. The first kappa shape index (κ1) is 17.7. The quantitative estimate of drug-likeness (QED) is 0.388. The fraction of sp³-hybridized carbons (Fsp3) is 0.176. The Morgan fingerprint density at radius 1 is 1.23 bits per heavy atom. The molecule has 1 atom stereocenters. The van der Waals surface area contributed by atoms with E-state index in [0.717, 1.165) is 0 Å². The SMILES string of the molecule is CC(=O)c1ccc(NC(=O)[C@H](C)Sc2nnc(-c3ccco3)n2N)cc1. The summed E-state index contributed by atoms with van der Waals surface area (Å²) in [5.74, 6) is 6.62. The molecule has 1 aromatic carbocycles. The second-order valence-corrected chi connectivity index (χ2v) is 6.84. The number of nitrogen functional groups attached to an aromatic ring is 1. The monoisotopic (exact) mass is 371 g/mol. The molecule has 0 bridgehead atoms. The second-order valence-electron chi connectivity index (χ2n) is 5.54. The van der Waals surface area contributed by atoms with E-state index in [2.05, 4.69) is 15.5 Å². The minimum Gasteiger partial charge on any atom is -0.461 e. The Labute approximate surface area is 153 Å². The molecule has 0 radical (unpaired) electrons. The predicted octanol–water partition coefficient (Wildman–Crippen LogP) is 2.57. The number of thioether (sulfide) groups is 1. The summed E-state index contributed by atoms with van der Waals surface area (Å²) in [4.78, 5) is 23.7. The van der Waals surface area contributed by atoms with Crippen LogP contribution in [0, 0.1) is 0 Å². The molecule has 0 aliphatic carbocycles. The smallest absolute Gasteiger partial charge is 0.237 e. The van der Waals surface area contributed by atoms with Crippen molar-refractivity contribution in [3.05, 3.63) is 48.2 Å². The van der Waals surface area contributed by atoms with Gasteiger partial charge in [0.15, 0.2) is 11.5 Å². The normalized spacial score (nSPS) is 11.9. The molecular weight excluding hydrogens is 354 g/mol. The maximum atomic E-state index is 12.4. The van der Waals surface area contributed by atoms with Crippen LogP contribution in [0.2, 0.25) is 0 Å². The summed E-state index contributed by atoms with van der Waals surface area (Å²) in [7, 11) is 0. The van der Waals surface area contributed by atoms with Gasteiger partial charge in [0.2, 0.25) is 16.9 Å². The van der Waals surface area contributed by atoms with Gasteiger partial charge in [-0.1, -0.05) is 11.8 Å². The minimum absolute atomic E-state index is 0.0264. The first-order valence-electron chi connectivity index (χ1n) is 7.78. The largest absolute Gasteiger partial charge is 0.461 e. The van der Waals surface area contributed by atoms with Gasteiger partial charge in [0.1, 0.15) is 0 Å². The maximum Gasteiger partial charge on any atom is 0.237 e. The zero-order valence-electron chi connectivity index (χ0n) is 14.2. The van der Waals surface area contributed by atoms with Crippen LogP contribution < -0.4 is 11.2 Å². The van der Waals surface area contributed by atoms with Crippen LogP contribution in [0.25, 0.3) is 11.6 Å². The van der Waals surface area contributed by atoms with E-state index in [0.29, 0.717) is 28.0 Å². The van der Waals surface area contributed by atoms with Crippen LogP contribution in [0.3, 0.4) is 0 Å². The molecule has 3 aromatic rings. The summed E-state index contributed by atoms with van der Waals surface area (Å²) in [6.07, 6.45) is 1.52. The van der Waals surface area contributed by atoms with Gasteiger partial charge in [-0.2, -0.15) is 0 Å². The number of furan rings is 1. The Kier molecular flexibility index (Phi) is 5.08. The van der Waals surface area contributed by atoms with Crippen molar-refractivity contribution in [2.24, 2.45) is 0 Å². The summed E-state index contributed by atoms with van der Waals surface area (Å²) in [5, 5.41) is 10.7. The second kappa shape index (κ2) is 7.44. The number of carbonyl (C=O) groups is 2. The van der Waals surface area contributed by atoms with E-state index in [1.807, 2.05) is 0 Å². The van der Waals surface area contributed by atoms with Gasteiger partial charge in [0.25, 0.3) is 0 Å². The average molecular weight is 371 g/mol. The van der Waals surface area contributed by atoms with Gasteiger partial charge in [-0.15, -0.1) is 10.2 Å². The average Bonchev–Trinajstić information content (AvgIpc) is 3.26. The highest BCUT2D eigenvalue weighted by molar-refractivity contribution is 8.00. The van der Waals surface area contributed by atoms with Gasteiger partial charge in [-0.05, 0) is 50.2 Å². The summed E-state index contributed by atoms with van der Waals surface area (Å²) in [6.45, 7) is 3.23. The van der Waals surface area contributed by atoms with Crippen LogP contribution in [-0.4, -0.2) is 31.8 Å². The van der Waals surface area contributed by atoms with E-state index >= 15 is 0 Å². The number of carbonyl (C=O) groups excluding carboxylic acids is 2. The number of hydrogen-bond donors (Lipinski definition) is 2. The molecule has 0 saturated carbocycles. The first-order chi connectivity index (χ1) is 12.5. The van der Waals surface area contributed by atoms with E-state index in [-0.39, 0.29) is 11.7 Å². The number of amides is 1. The number of nitrogens with two attached hydrogens (primary N) is 1. The van der Waals surface area contributed by atoms with Crippen molar-refractivity contribution in [3.63, 3.8) is 0 Å². The standard InChI is InChI=1S/C17H17N5O3S/c1-10(23)12-5-7-13(8-6-12)19-16(24)11(2)26-17-21-20-15(22(17)18)14-4-3-9-25-14/h3-9,11H,18H2,1-2H3,(H,19,24)/t11-/m0/s1. The molecule has 3 N–H and O–H groups in total. The first-order valence-corrected chi connectivity index (χ1v) is 8.66. The Hall–Kier alpha value is -3.07. The lowest BCUT2D eigenvalue weighted by atomic mass is 10.1. The van der Waals surface area contributed by atoms with Gasteiger partial charge < -0.3 is 15.6 Å². The molecule has 9 heteroatoms. The maximum absolute atomic E-state index is 12.4. The Morgan fingerprint density at radius 2 is 1.96 bits per heavy atom. The Bertz CT molecular complexity index is 919. The lowest BCUT2D eigenvalue weighted by Crippen LogP contribution is -2.23. The number of hydrogen-bond acceptors (Lipinski definition) is 7. The van der Waals surface area contributed by atoms with Gasteiger partial charge in [-0.25, -0.2) is 4.68 Å². The van der Waals surface area contributed by atoms with Crippen molar-refractivity contribution in [2.75, 3.05) is 11.2 Å². The molecule has 26 heavy (non-hydrogen) atoms. The van der Waals surface area contributed by atoms with E-state index in [1.165, 1.54) is 29.6 Å². The summed E-state index contributed by atoms with van der Waals surface area (Å²) in [5.41, 5.74) is 1.20. The highest BCUT2D eigenvalue weighted by Crippen LogP contribution is 2.25. The third-order valence-corrected chi connectivity index (χ3v) is 4.67. The fourth-order valence-corrected chi connectivity index (χ4v) is 2.95. The van der Waals surface area contributed by atoms with Crippen LogP contribution in [0.15, 0.2) is 52.2 Å². The van der Waals surface area contributed by atoms with Crippen LogP contribution in [0.1, 0.15) is 24.2 Å². The summed E-state index contributed by atoms with van der Waals surface area (Å²) >= 11 is 1.18. The van der Waals surface area contributed by atoms with Crippen LogP contribution >= 0.6 is 11.8 Å². The number of Topliss-reactive ketones (excluding diaryl/α,β-unsaturated/α-hetero) is 1. The van der Waals surface area contributed by atoms with E-state index in [9.17, 15) is 9.59 Å². The van der Waals surface area contributed by atoms with Gasteiger partial charge in [0.05, 0.1) is 11.5 Å². The van der Waals surface area contributed by atoms with Crippen molar-refractivity contribution < 1.29 is 14.0 Å². The molecule has 3 rings (SSSR count). The zero-order chi connectivity index (χ0) is 18.7. The topological polar surface area (TPSA) is 116 Å². The zero-order valence-corrected chi connectivity index (χ0v) is 15.0. The molecule has 0 unspecified atom stereocenters. The third-order valence-electron chi connectivity index (χ3n) is 3.62. The highest BCUT2D eigenvalue weighted by atomic mass is 32.2. The number of nitrogens with one attached hydrogen (secondary N) is 1. The molecule has 0 aliphatic rings. The minimum atomic E-state index is -0.460. The van der Waals surface area contributed by atoms with Crippen LogP contribution in [0.4, 0.5) is 5.69 Å². The number of anilines is 1. The lowest BCUT2D eigenvalue weighted by molar-refractivity contribution is -0.115.